The fraction of sp³-hybridized carbons (Fsp3) is 0.333. The molecule has 2 aromatic rings. The standard InChI is InChI=1S/C21H23N3O5S/c1-13-11-16-18(29-14(2)20(25)23-16)12-19(13)30(27,28)24-10-6-9-17(24)21(26)22-15-7-4-3-5-8-15/h3-5,7-8,11-12,14,17H,6,9-10H2,1-2H3,(H,22,26)(H,23,25)/t14-,17-/m1/s1. The lowest BCUT2D eigenvalue weighted by atomic mass is 10.1. The molecule has 2 N–H and O–H groups in total. The smallest absolute Gasteiger partial charge is 0.265 e. The SMILES string of the molecule is Cc1cc2c(cc1S(=O)(=O)N1CCC[C@@H]1C(=O)Nc1ccccc1)O[C@H](C)C(=O)N2. The lowest BCUT2D eigenvalue weighted by molar-refractivity contribution is -0.122. The number of rotatable bonds is 4. The summed E-state index contributed by atoms with van der Waals surface area (Å²) in [6, 6.07) is 11.2. The average Bonchev–Trinajstić information content (AvgIpc) is 3.20. The minimum absolute atomic E-state index is 0.0732. The van der Waals surface area contributed by atoms with Gasteiger partial charge in [0.2, 0.25) is 15.9 Å². The van der Waals surface area contributed by atoms with E-state index in [1.807, 2.05) is 6.07 Å². The van der Waals surface area contributed by atoms with Crippen molar-refractivity contribution in [3.05, 3.63) is 48.0 Å². The van der Waals surface area contributed by atoms with Gasteiger partial charge in [-0.25, -0.2) is 8.42 Å². The van der Waals surface area contributed by atoms with E-state index >= 15 is 0 Å². The van der Waals surface area contributed by atoms with E-state index in [-0.39, 0.29) is 23.3 Å². The summed E-state index contributed by atoms with van der Waals surface area (Å²) in [5.74, 6) is -0.333. The normalized spacial score (nSPS) is 21.5. The maximum atomic E-state index is 13.5. The Morgan fingerprint density at radius 2 is 1.97 bits per heavy atom. The van der Waals surface area contributed by atoms with Crippen molar-refractivity contribution in [3.63, 3.8) is 0 Å². The summed E-state index contributed by atoms with van der Waals surface area (Å²) in [5.41, 5.74) is 1.53. The Morgan fingerprint density at radius 1 is 1.23 bits per heavy atom. The van der Waals surface area contributed by atoms with Crippen LogP contribution < -0.4 is 15.4 Å². The predicted octanol–water partition coefficient (Wildman–Crippen LogP) is 2.51. The monoisotopic (exact) mass is 429 g/mol. The third-order valence-electron chi connectivity index (χ3n) is 5.34. The number of hydrogen-bond acceptors (Lipinski definition) is 5. The lowest BCUT2D eigenvalue weighted by Gasteiger charge is -2.27. The highest BCUT2D eigenvalue weighted by molar-refractivity contribution is 7.89. The molecule has 30 heavy (non-hydrogen) atoms. The van der Waals surface area contributed by atoms with Crippen LogP contribution in [-0.4, -0.2) is 43.2 Å². The zero-order valence-electron chi connectivity index (χ0n) is 16.7. The van der Waals surface area contributed by atoms with Crippen LogP contribution in [0.3, 0.4) is 0 Å². The number of ether oxygens (including phenoxy) is 1. The van der Waals surface area contributed by atoms with Gasteiger partial charge in [0, 0.05) is 18.3 Å². The van der Waals surface area contributed by atoms with E-state index in [9.17, 15) is 18.0 Å². The molecule has 2 aliphatic rings. The molecule has 1 fully saturated rings. The maximum Gasteiger partial charge on any atom is 0.265 e. The van der Waals surface area contributed by atoms with E-state index in [0.717, 1.165) is 0 Å². The summed E-state index contributed by atoms with van der Waals surface area (Å²) in [6.07, 6.45) is 0.331. The number of anilines is 2. The third kappa shape index (κ3) is 3.66. The number of sulfonamides is 1. The van der Waals surface area contributed by atoms with Gasteiger partial charge in [0.15, 0.2) is 6.10 Å². The zero-order chi connectivity index (χ0) is 21.5. The summed E-state index contributed by atoms with van der Waals surface area (Å²) in [5, 5.41) is 5.51. The third-order valence-corrected chi connectivity index (χ3v) is 7.39. The summed E-state index contributed by atoms with van der Waals surface area (Å²) < 4.78 is 33.7. The first-order valence-electron chi connectivity index (χ1n) is 9.77. The largest absolute Gasteiger partial charge is 0.479 e. The summed E-state index contributed by atoms with van der Waals surface area (Å²) >= 11 is 0. The summed E-state index contributed by atoms with van der Waals surface area (Å²) in [7, 11) is -3.94. The molecule has 158 valence electrons. The molecule has 2 amide bonds. The van der Waals surface area contributed by atoms with Gasteiger partial charge in [-0.15, -0.1) is 0 Å². The van der Waals surface area contributed by atoms with Crippen LogP contribution in [0.25, 0.3) is 0 Å². The van der Waals surface area contributed by atoms with E-state index in [1.54, 1.807) is 44.2 Å². The van der Waals surface area contributed by atoms with Gasteiger partial charge >= 0.3 is 0 Å². The number of carbonyl (C=O) groups is 2. The Bertz CT molecular complexity index is 1100. The summed E-state index contributed by atoms with van der Waals surface area (Å²) in [6.45, 7) is 3.52. The molecule has 0 unspecified atom stereocenters. The molecule has 0 spiro atoms. The number of fused-ring (bicyclic) bond motifs is 1. The number of aryl methyl sites for hydroxylation is 1. The highest BCUT2D eigenvalue weighted by atomic mass is 32.2. The number of para-hydroxylation sites is 1. The zero-order valence-corrected chi connectivity index (χ0v) is 17.5. The molecule has 0 radical (unpaired) electrons. The molecule has 9 heteroatoms. The van der Waals surface area contributed by atoms with E-state index in [4.69, 9.17) is 4.74 Å². The number of amides is 2. The summed E-state index contributed by atoms with van der Waals surface area (Å²) in [4.78, 5) is 24.7. The number of benzene rings is 2. The van der Waals surface area contributed by atoms with Gasteiger partial charge in [0.1, 0.15) is 11.8 Å². The van der Waals surface area contributed by atoms with E-state index < -0.39 is 22.2 Å². The molecule has 1 saturated heterocycles. The van der Waals surface area contributed by atoms with Crippen LogP contribution in [0, 0.1) is 6.92 Å². The van der Waals surface area contributed by atoms with Crippen molar-refractivity contribution in [1.82, 2.24) is 4.31 Å². The van der Waals surface area contributed by atoms with Crippen molar-refractivity contribution in [2.45, 2.75) is 43.7 Å². The van der Waals surface area contributed by atoms with Gasteiger partial charge in [-0.1, -0.05) is 18.2 Å². The number of nitrogens with one attached hydrogen (secondary N) is 2. The quantitative estimate of drug-likeness (QED) is 0.777. The van der Waals surface area contributed by atoms with Crippen LogP contribution >= 0.6 is 0 Å². The number of nitrogens with zero attached hydrogens (tertiary/aromatic N) is 1. The minimum atomic E-state index is -3.94. The molecule has 0 bridgehead atoms. The molecule has 2 aliphatic heterocycles. The fourth-order valence-corrected chi connectivity index (χ4v) is 5.66. The van der Waals surface area contributed by atoms with Crippen LogP contribution in [0.1, 0.15) is 25.3 Å². The first-order valence-corrected chi connectivity index (χ1v) is 11.2. The Balaban J connectivity index is 1.63. The van der Waals surface area contributed by atoms with Crippen molar-refractivity contribution in [3.8, 4) is 5.75 Å². The van der Waals surface area contributed by atoms with Gasteiger partial charge in [-0.2, -0.15) is 4.31 Å². The Labute approximate surface area is 175 Å². The van der Waals surface area contributed by atoms with Crippen molar-refractivity contribution in [2.75, 3.05) is 17.2 Å². The van der Waals surface area contributed by atoms with E-state index in [1.165, 1.54) is 10.4 Å². The number of hydrogen-bond donors (Lipinski definition) is 2. The van der Waals surface area contributed by atoms with Crippen molar-refractivity contribution in [2.24, 2.45) is 0 Å². The Morgan fingerprint density at radius 3 is 2.70 bits per heavy atom. The average molecular weight is 429 g/mol. The van der Waals surface area contributed by atoms with Crippen LogP contribution in [0.2, 0.25) is 0 Å². The fourth-order valence-electron chi connectivity index (χ4n) is 3.78. The highest BCUT2D eigenvalue weighted by Gasteiger charge is 2.40. The second-order valence-corrected chi connectivity index (χ2v) is 9.35. The number of carbonyl (C=O) groups excluding carboxylic acids is 2. The van der Waals surface area contributed by atoms with Gasteiger partial charge in [-0.3, -0.25) is 9.59 Å². The molecule has 0 aliphatic carbocycles. The predicted molar refractivity (Wildman–Crippen MR) is 112 cm³/mol. The molecule has 0 saturated carbocycles. The van der Waals surface area contributed by atoms with Gasteiger partial charge in [0.25, 0.3) is 5.91 Å². The van der Waals surface area contributed by atoms with Gasteiger partial charge in [-0.05, 0) is 50.5 Å². The van der Waals surface area contributed by atoms with Crippen LogP contribution in [0.4, 0.5) is 11.4 Å². The van der Waals surface area contributed by atoms with Gasteiger partial charge in [0.05, 0.1) is 10.6 Å². The molecular formula is C21H23N3O5S. The van der Waals surface area contributed by atoms with Crippen molar-refractivity contribution in [1.29, 1.82) is 0 Å². The van der Waals surface area contributed by atoms with Crippen LogP contribution in [0.5, 0.6) is 5.75 Å². The minimum Gasteiger partial charge on any atom is -0.479 e. The van der Waals surface area contributed by atoms with E-state index in [0.29, 0.717) is 35.5 Å². The highest BCUT2D eigenvalue weighted by Crippen LogP contribution is 2.37. The van der Waals surface area contributed by atoms with Crippen molar-refractivity contribution < 1.29 is 22.7 Å². The molecule has 0 aromatic heterocycles. The van der Waals surface area contributed by atoms with Crippen molar-refractivity contribution >= 4 is 33.2 Å². The topological polar surface area (TPSA) is 105 Å². The second-order valence-electron chi connectivity index (χ2n) is 7.49. The Hall–Kier alpha value is -2.91. The Kier molecular flexibility index (Phi) is 5.25. The second kappa shape index (κ2) is 7.73. The molecule has 2 atom stereocenters. The molecule has 2 aromatic carbocycles. The van der Waals surface area contributed by atoms with Crippen LogP contribution in [-0.2, 0) is 19.6 Å². The molecule has 8 nitrogen and oxygen atoms in total. The first kappa shape index (κ1) is 20.4. The molecular weight excluding hydrogens is 406 g/mol. The molecule has 4 rings (SSSR count). The van der Waals surface area contributed by atoms with E-state index in [2.05, 4.69) is 10.6 Å². The molecule has 2 heterocycles. The van der Waals surface area contributed by atoms with Gasteiger partial charge < -0.3 is 15.4 Å². The maximum absolute atomic E-state index is 13.5. The van der Waals surface area contributed by atoms with Crippen LogP contribution in [0.15, 0.2) is 47.4 Å². The first-order chi connectivity index (χ1) is 14.3. The lowest BCUT2D eigenvalue weighted by Crippen LogP contribution is -2.43.